The van der Waals surface area contributed by atoms with Crippen LogP contribution in [0.25, 0.3) is 0 Å². The number of aromatic nitrogens is 1. The predicted octanol–water partition coefficient (Wildman–Crippen LogP) is 4.65. The molecule has 0 atom stereocenters. The van der Waals surface area contributed by atoms with Gasteiger partial charge in [0.2, 0.25) is 0 Å². The summed E-state index contributed by atoms with van der Waals surface area (Å²) in [5.74, 6) is -0.684. The molecule has 0 unspecified atom stereocenters. The number of nitro groups is 1. The van der Waals surface area contributed by atoms with E-state index in [0.717, 1.165) is 10.6 Å². The molecule has 0 aliphatic heterocycles. The molecule has 0 fully saturated rings. The van der Waals surface area contributed by atoms with E-state index < -0.39 is 10.8 Å². The van der Waals surface area contributed by atoms with Gasteiger partial charge in [0.25, 0.3) is 11.6 Å². The second-order valence-electron chi connectivity index (χ2n) is 6.01. The molecule has 0 bridgehead atoms. The summed E-state index contributed by atoms with van der Waals surface area (Å²) < 4.78 is 13.8. The molecule has 27 heavy (non-hydrogen) atoms. The third-order valence-electron chi connectivity index (χ3n) is 4.08. The Morgan fingerprint density at radius 2 is 2.00 bits per heavy atom. The Kier molecular flexibility index (Phi) is 5.27. The normalized spacial score (nSPS) is 10.6. The zero-order chi connectivity index (χ0) is 19.6. The van der Waals surface area contributed by atoms with Gasteiger partial charge in [0.05, 0.1) is 10.6 Å². The number of halogens is 1. The third kappa shape index (κ3) is 4.17. The fourth-order valence-corrected chi connectivity index (χ4v) is 3.61. The molecule has 0 spiro atoms. The summed E-state index contributed by atoms with van der Waals surface area (Å²) in [4.78, 5) is 28.0. The molecule has 2 aromatic carbocycles. The fraction of sp³-hybridized carbons (Fsp3) is 0.158. The Bertz CT molecular complexity index is 1030. The highest BCUT2D eigenvalue weighted by molar-refractivity contribution is 7.15. The van der Waals surface area contributed by atoms with Crippen molar-refractivity contribution < 1.29 is 14.1 Å². The van der Waals surface area contributed by atoms with Crippen molar-refractivity contribution in [3.05, 3.63) is 85.7 Å². The van der Waals surface area contributed by atoms with Crippen LogP contribution in [0.5, 0.6) is 0 Å². The summed E-state index contributed by atoms with van der Waals surface area (Å²) in [6.45, 7) is 3.38. The molecule has 0 aliphatic carbocycles. The van der Waals surface area contributed by atoms with E-state index in [0.29, 0.717) is 28.2 Å². The summed E-state index contributed by atoms with van der Waals surface area (Å²) in [6, 6.07) is 10.7. The number of carbonyl (C=O) groups is 1. The number of aryl methyl sites for hydroxylation is 2. The van der Waals surface area contributed by atoms with Gasteiger partial charge in [-0.3, -0.25) is 20.2 Å². The molecular formula is C19H16FN3O3S. The van der Waals surface area contributed by atoms with Crippen LogP contribution in [0.2, 0.25) is 0 Å². The minimum Gasteiger partial charge on any atom is -0.298 e. The van der Waals surface area contributed by atoms with Crippen molar-refractivity contribution in [2.75, 3.05) is 5.32 Å². The molecule has 0 saturated carbocycles. The molecule has 0 aliphatic rings. The average Bonchev–Trinajstić information content (AvgIpc) is 2.95. The van der Waals surface area contributed by atoms with Crippen molar-refractivity contribution in [1.82, 2.24) is 4.98 Å². The van der Waals surface area contributed by atoms with Gasteiger partial charge in [0.1, 0.15) is 5.82 Å². The van der Waals surface area contributed by atoms with Gasteiger partial charge in [0.15, 0.2) is 5.13 Å². The Balaban J connectivity index is 1.77. The first-order valence-electron chi connectivity index (χ1n) is 8.11. The molecule has 0 saturated heterocycles. The van der Waals surface area contributed by atoms with E-state index >= 15 is 0 Å². The lowest BCUT2D eigenvalue weighted by Gasteiger charge is -2.03. The first-order valence-corrected chi connectivity index (χ1v) is 8.93. The molecular weight excluding hydrogens is 369 g/mol. The maximum atomic E-state index is 13.8. The molecule has 1 amide bonds. The van der Waals surface area contributed by atoms with E-state index in [1.807, 2.05) is 0 Å². The Morgan fingerprint density at radius 3 is 2.67 bits per heavy atom. The molecule has 6 nitrogen and oxygen atoms in total. The molecule has 138 valence electrons. The van der Waals surface area contributed by atoms with Crippen LogP contribution in [0.3, 0.4) is 0 Å². The lowest BCUT2D eigenvalue weighted by Crippen LogP contribution is -2.12. The largest absolute Gasteiger partial charge is 0.298 e. The molecule has 1 heterocycles. The number of anilines is 1. The summed E-state index contributed by atoms with van der Waals surface area (Å²) in [7, 11) is 0. The summed E-state index contributed by atoms with van der Waals surface area (Å²) in [5.41, 5.74) is 1.96. The van der Waals surface area contributed by atoms with E-state index in [2.05, 4.69) is 10.3 Å². The summed E-state index contributed by atoms with van der Waals surface area (Å²) in [5, 5.41) is 14.0. The van der Waals surface area contributed by atoms with Crippen molar-refractivity contribution in [1.29, 1.82) is 0 Å². The topological polar surface area (TPSA) is 85.1 Å². The van der Waals surface area contributed by atoms with Gasteiger partial charge in [-0.25, -0.2) is 9.37 Å². The molecule has 8 heteroatoms. The number of nitrogens with one attached hydrogen (secondary N) is 1. The monoisotopic (exact) mass is 385 g/mol. The smallest absolute Gasteiger partial charge is 0.272 e. The highest BCUT2D eigenvalue weighted by Crippen LogP contribution is 2.27. The van der Waals surface area contributed by atoms with Crippen molar-refractivity contribution >= 4 is 28.1 Å². The Hall–Kier alpha value is -3.13. The zero-order valence-electron chi connectivity index (χ0n) is 14.7. The van der Waals surface area contributed by atoms with E-state index in [4.69, 9.17) is 0 Å². The second-order valence-corrected chi connectivity index (χ2v) is 7.09. The number of thiazole rings is 1. The van der Waals surface area contributed by atoms with E-state index in [-0.39, 0.29) is 11.5 Å². The summed E-state index contributed by atoms with van der Waals surface area (Å²) >= 11 is 1.28. The molecule has 1 aromatic heterocycles. The van der Waals surface area contributed by atoms with Gasteiger partial charge in [0, 0.05) is 28.5 Å². The van der Waals surface area contributed by atoms with Crippen LogP contribution in [0.1, 0.15) is 32.1 Å². The van der Waals surface area contributed by atoms with Crippen molar-refractivity contribution in [2.24, 2.45) is 0 Å². The van der Waals surface area contributed by atoms with Crippen LogP contribution in [-0.4, -0.2) is 15.8 Å². The maximum Gasteiger partial charge on any atom is 0.272 e. The molecule has 0 radical (unpaired) electrons. The van der Waals surface area contributed by atoms with Crippen LogP contribution in [0.4, 0.5) is 15.2 Å². The quantitative estimate of drug-likeness (QED) is 0.512. The lowest BCUT2D eigenvalue weighted by atomic mass is 10.1. The van der Waals surface area contributed by atoms with Gasteiger partial charge in [-0.05, 0) is 37.6 Å². The SMILES string of the molecule is Cc1cc(C(=O)Nc2nc(C)c(Cc3ccccc3F)s2)ccc1[N+](=O)[O-]. The minimum atomic E-state index is -0.490. The predicted molar refractivity (Wildman–Crippen MR) is 102 cm³/mol. The number of carbonyl (C=O) groups excluding carboxylic acids is 1. The minimum absolute atomic E-state index is 0.0381. The van der Waals surface area contributed by atoms with Crippen molar-refractivity contribution in [2.45, 2.75) is 20.3 Å². The van der Waals surface area contributed by atoms with Gasteiger partial charge in [-0.2, -0.15) is 0 Å². The van der Waals surface area contributed by atoms with Gasteiger partial charge >= 0.3 is 0 Å². The van der Waals surface area contributed by atoms with Gasteiger partial charge in [-0.15, -0.1) is 11.3 Å². The highest BCUT2D eigenvalue weighted by atomic mass is 32.1. The number of benzene rings is 2. The highest BCUT2D eigenvalue weighted by Gasteiger charge is 2.16. The molecule has 1 N–H and O–H groups in total. The maximum absolute atomic E-state index is 13.8. The van der Waals surface area contributed by atoms with Crippen molar-refractivity contribution in [3.63, 3.8) is 0 Å². The first kappa shape index (κ1) is 18.7. The van der Waals surface area contributed by atoms with Crippen molar-refractivity contribution in [3.8, 4) is 0 Å². The second kappa shape index (κ2) is 7.63. The Morgan fingerprint density at radius 1 is 1.26 bits per heavy atom. The number of hydrogen-bond donors (Lipinski definition) is 1. The van der Waals surface area contributed by atoms with Gasteiger partial charge < -0.3 is 0 Å². The van der Waals surface area contributed by atoms with Crippen LogP contribution in [0.15, 0.2) is 42.5 Å². The molecule has 3 aromatic rings. The van der Waals surface area contributed by atoms with E-state index in [9.17, 15) is 19.3 Å². The number of amides is 1. The number of nitrogens with zero attached hydrogens (tertiary/aromatic N) is 2. The molecule has 3 rings (SSSR count). The Labute approximate surface area is 158 Å². The van der Waals surface area contributed by atoms with Crippen LogP contribution in [-0.2, 0) is 6.42 Å². The first-order chi connectivity index (χ1) is 12.8. The lowest BCUT2D eigenvalue weighted by molar-refractivity contribution is -0.385. The van der Waals surface area contributed by atoms with Crippen LogP contribution >= 0.6 is 11.3 Å². The number of rotatable bonds is 5. The zero-order valence-corrected chi connectivity index (χ0v) is 15.5. The van der Waals surface area contributed by atoms with E-state index in [1.54, 1.807) is 32.0 Å². The third-order valence-corrected chi connectivity index (χ3v) is 5.15. The number of hydrogen-bond acceptors (Lipinski definition) is 5. The van der Waals surface area contributed by atoms with Gasteiger partial charge in [-0.1, -0.05) is 18.2 Å². The average molecular weight is 385 g/mol. The number of nitro benzene ring substituents is 1. The van der Waals surface area contributed by atoms with E-state index in [1.165, 1.54) is 35.6 Å². The summed E-state index contributed by atoms with van der Waals surface area (Å²) in [6.07, 6.45) is 0.392. The fourth-order valence-electron chi connectivity index (χ4n) is 2.63. The standard InChI is InChI=1S/C19H16FN3O3S/c1-11-9-14(7-8-16(11)23(25)26)18(24)22-19-21-12(2)17(27-19)10-13-5-3-4-6-15(13)20/h3-9H,10H2,1-2H3,(H,21,22,24). The van der Waals surface area contributed by atoms with Crippen LogP contribution in [0, 0.1) is 29.8 Å². The van der Waals surface area contributed by atoms with Crippen LogP contribution < -0.4 is 5.32 Å².